The van der Waals surface area contributed by atoms with Gasteiger partial charge in [0.05, 0.1) is 19.1 Å². The van der Waals surface area contributed by atoms with Gasteiger partial charge in [-0.2, -0.15) is 0 Å². The number of nitrogens with zero attached hydrogens (tertiary/aromatic N) is 2. The molecule has 1 saturated heterocycles. The fourth-order valence-corrected chi connectivity index (χ4v) is 6.42. The summed E-state index contributed by atoms with van der Waals surface area (Å²) in [5, 5.41) is 2.84. The van der Waals surface area contributed by atoms with E-state index in [1.54, 1.807) is 26.0 Å². The second-order valence-corrected chi connectivity index (χ2v) is 13.0. The minimum absolute atomic E-state index is 0.0784. The predicted octanol–water partition coefficient (Wildman–Crippen LogP) is 6.70. The summed E-state index contributed by atoms with van der Waals surface area (Å²) in [7, 11) is 0. The van der Waals surface area contributed by atoms with Crippen LogP contribution in [0.4, 0.5) is 13.2 Å². The van der Waals surface area contributed by atoms with E-state index < -0.39 is 47.3 Å². The molecular weight excluding hydrogens is 607 g/mol. The molecule has 47 heavy (non-hydrogen) atoms. The molecule has 10 heteroatoms. The maximum atomic E-state index is 15.9. The number of likely N-dealkylation sites (tertiary alicyclic amines) is 1. The van der Waals surface area contributed by atoms with Gasteiger partial charge in [-0.25, -0.2) is 13.2 Å². The molecule has 3 atom stereocenters. The third kappa shape index (κ3) is 8.91. The Morgan fingerprint density at radius 1 is 1.06 bits per heavy atom. The minimum Gasteiger partial charge on any atom is -0.466 e. The number of alkyl halides is 1. The van der Waals surface area contributed by atoms with Crippen LogP contribution in [0.2, 0.25) is 0 Å². The van der Waals surface area contributed by atoms with E-state index in [1.807, 2.05) is 50.8 Å². The average Bonchev–Trinajstić information content (AvgIpc) is 3.42. The van der Waals surface area contributed by atoms with Gasteiger partial charge in [-0.1, -0.05) is 32.0 Å². The van der Waals surface area contributed by atoms with Crippen molar-refractivity contribution < 1.29 is 27.5 Å². The van der Waals surface area contributed by atoms with Crippen molar-refractivity contribution in [3.8, 4) is 11.1 Å². The molecular formula is C37H46F3N3O4. The lowest BCUT2D eigenvalue weighted by Crippen LogP contribution is -2.41. The lowest BCUT2D eigenvalue weighted by Gasteiger charge is -2.27. The number of hydrogen-bond donors (Lipinski definition) is 1. The third-order valence-electron chi connectivity index (χ3n) is 8.74. The number of carbonyl (C=O) groups excluding carboxylic acids is 2. The predicted molar refractivity (Wildman–Crippen MR) is 177 cm³/mol. The number of hydrogen-bond acceptors (Lipinski definition) is 5. The van der Waals surface area contributed by atoms with Gasteiger partial charge in [0.2, 0.25) is 5.91 Å². The van der Waals surface area contributed by atoms with Crippen LogP contribution in [0.15, 0.2) is 47.4 Å². The number of rotatable bonds is 13. The summed E-state index contributed by atoms with van der Waals surface area (Å²) < 4.78 is 51.0. The average molecular weight is 654 g/mol. The van der Waals surface area contributed by atoms with Crippen LogP contribution in [0.3, 0.4) is 0 Å². The Morgan fingerprint density at radius 3 is 2.38 bits per heavy atom. The first kappa shape index (κ1) is 35.9. The maximum absolute atomic E-state index is 15.9. The zero-order chi connectivity index (χ0) is 34.4. The highest BCUT2D eigenvalue weighted by molar-refractivity contribution is 5.82. The number of esters is 1. The zero-order valence-corrected chi connectivity index (χ0v) is 28.2. The molecule has 4 rings (SSSR count). The number of aryl methyl sites for hydroxylation is 3. The first-order valence-electron chi connectivity index (χ1n) is 16.4. The van der Waals surface area contributed by atoms with E-state index >= 15 is 8.78 Å². The van der Waals surface area contributed by atoms with Crippen LogP contribution in [0, 0.1) is 38.3 Å². The van der Waals surface area contributed by atoms with Gasteiger partial charge in [0.25, 0.3) is 5.56 Å². The number of halogens is 3. The SMILES string of the molecule is CCOC(=O)C[C@H](NC(=O)C(CC(C)C)n1cc(CCN2CC[C@@H](F)C2)cc(F)c1=O)c1cc(-c2c(C)cccc2C)cc(C)c1F. The standard InChI is InChI=1S/C37H46F3N3O4/c1-7-47-33(44)19-31(29-18-27(16-25(6)35(29)40)34-23(4)9-8-10-24(34)5)41-36(45)32(15-22(2)3)43-20-26(17-30(39)37(43)46)11-13-42-14-12-28(38)21-42/h8-10,16-18,20,22,28,31-32H,7,11-15,19,21H2,1-6H3,(H,41,45)/t28-,31+,32?/m1/s1. The summed E-state index contributed by atoms with van der Waals surface area (Å²) >= 11 is 0. The van der Waals surface area contributed by atoms with Gasteiger partial charge in [-0.15, -0.1) is 0 Å². The first-order chi connectivity index (χ1) is 22.3. The molecule has 0 saturated carbocycles. The molecule has 0 spiro atoms. The Kier molecular flexibility index (Phi) is 12.1. The summed E-state index contributed by atoms with van der Waals surface area (Å²) in [6.45, 7) is 12.5. The number of nitrogens with one attached hydrogen (secondary N) is 1. The Labute approximate surface area is 275 Å². The number of ether oxygens (including phenoxy) is 1. The van der Waals surface area contributed by atoms with E-state index in [-0.39, 0.29) is 30.9 Å². The molecule has 1 fully saturated rings. The maximum Gasteiger partial charge on any atom is 0.308 e. The summed E-state index contributed by atoms with van der Waals surface area (Å²) in [5.41, 5.74) is 3.62. The van der Waals surface area contributed by atoms with E-state index in [1.165, 1.54) is 6.20 Å². The fourth-order valence-electron chi connectivity index (χ4n) is 6.42. The second-order valence-electron chi connectivity index (χ2n) is 13.0. The van der Waals surface area contributed by atoms with Crippen molar-refractivity contribution in [3.63, 3.8) is 0 Å². The van der Waals surface area contributed by atoms with Gasteiger partial charge >= 0.3 is 5.97 Å². The zero-order valence-electron chi connectivity index (χ0n) is 28.2. The first-order valence-corrected chi connectivity index (χ1v) is 16.4. The van der Waals surface area contributed by atoms with Crippen LogP contribution >= 0.6 is 0 Å². The van der Waals surface area contributed by atoms with Gasteiger partial charge in [-0.05, 0) is 104 Å². The summed E-state index contributed by atoms with van der Waals surface area (Å²) in [4.78, 5) is 42.0. The van der Waals surface area contributed by atoms with E-state index in [0.29, 0.717) is 43.6 Å². The molecule has 3 aromatic rings. The van der Waals surface area contributed by atoms with Crippen LogP contribution in [0.5, 0.6) is 0 Å². The van der Waals surface area contributed by atoms with E-state index in [2.05, 4.69) is 5.32 Å². The molecule has 0 radical (unpaired) electrons. The van der Waals surface area contributed by atoms with Crippen molar-refractivity contribution in [2.75, 3.05) is 26.2 Å². The molecule has 7 nitrogen and oxygen atoms in total. The van der Waals surface area contributed by atoms with Crippen LogP contribution in [-0.2, 0) is 20.7 Å². The van der Waals surface area contributed by atoms with Crippen molar-refractivity contribution in [1.82, 2.24) is 14.8 Å². The molecule has 0 bridgehead atoms. The Morgan fingerprint density at radius 2 is 1.77 bits per heavy atom. The largest absolute Gasteiger partial charge is 0.466 e. The van der Waals surface area contributed by atoms with Crippen LogP contribution in [-0.4, -0.2) is 53.8 Å². The molecule has 1 N–H and O–H groups in total. The van der Waals surface area contributed by atoms with Gasteiger partial charge < -0.3 is 19.5 Å². The number of pyridine rings is 1. The van der Waals surface area contributed by atoms with Crippen LogP contribution in [0.25, 0.3) is 11.1 Å². The molecule has 1 unspecified atom stereocenters. The van der Waals surface area contributed by atoms with Gasteiger partial charge in [0.1, 0.15) is 18.0 Å². The monoisotopic (exact) mass is 653 g/mol. The summed E-state index contributed by atoms with van der Waals surface area (Å²) in [5.74, 6) is -2.93. The van der Waals surface area contributed by atoms with Crippen molar-refractivity contribution in [2.45, 2.75) is 85.5 Å². The lowest BCUT2D eigenvalue weighted by atomic mass is 9.90. The Hall–Kier alpha value is -3.92. The van der Waals surface area contributed by atoms with Crippen LogP contribution < -0.4 is 10.9 Å². The lowest BCUT2D eigenvalue weighted by molar-refractivity contribution is -0.144. The van der Waals surface area contributed by atoms with E-state index in [9.17, 15) is 18.8 Å². The quantitative estimate of drug-likeness (QED) is 0.208. The highest BCUT2D eigenvalue weighted by Crippen LogP contribution is 2.34. The molecule has 2 aromatic carbocycles. The van der Waals surface area contributed by atoms with Crippen LogP contribution in [0.1, 0.15) is 79.9 Å². The van der Waals surface area contributed by atoms with Crippen molar-refractivity contribution in [3.05, 3.63) is 92.4 Å². The van der Waals surface area contributed by atoms with Crippen molar-refractivity contribution in [1.29, 1.82) is 0 Å². The topological polar surface area (TPSA) is 80.6 Å². The molecule has 1 aliphatic heterocycles. The highest BCUT2D eigenvalue weighted by atomic mass is 19.1. The normalized spacial score (nSPS) is 16.3. The van der Waals surface area contributed by atoms with E-state index in [4.69, 9.17) is 4.74 Å². The van der Waals surface area contributed by atoms with Gasteiger partial charge in [0.15, 0.2) is 5.82 Å². The second kappa shape index (κ2) is 15.8. The van der Waals surface area contributed by atoms with Gasteiger partial charge in [0, 0.05) is 31.4 Å². The molecule has 2 heterocycles. The molecule has 254 valence electrons. The molecule has 1 aliphatic rings. The molecule has 1 aromatic heterocycles. The number of amides is 1. The highest BCUT2D eigenvalue weighted by Gasteiger charge is 2.30. The van der Waals surface area contributed by atoms with Crippen molar-refractivity contribution >= 4 is 11.9 Å². The van der Waals surface area contributed by atoms with Gasteiger partial charge in [-0.3, -0.25) is 14.4 Å². The fraction of sp³-hybridized carbons (Fsp3) is 0.486. The van der Waals surface area contributed by atoms with E-state index in [0.717, 1.165) is 32.9 Å². The number of aromatic nitrogens is 1. The Bertz CT molecular complexity index is 1630. The summed E-state index contributed by atoms with van der Waals surface area (Å²) in [6, 6.07) is 8.13. The smallest absolute Gasteiger partial charge is 0.308 e. The number of carbonyl (C=O) groups is 2. The third-order valence-corrected chi connectivity index (χ3v) is 8.74. The number of benzene rings is 2. The Balaban J connectivity index is 1.73. The molecule has 1 amide bonds. The molecule has 0 aliphatic carbocycles. The minimum atomic E-state index is -1.14. The van der Waals surface area contributed by atoms with Crippen molar-refractivity contribution in [2.24, 2.45) is 5.92 Å². The summed E-state index contributed by atoms with van der Waals surface area (Å²) in [6.07, 6.45) is 1.23.